The van der Waals surface area contributed by atoms with Crippen LogP contribution in [0.4, 0.5) is 4.79 Å². The van der Waals surface area contributed by atoms with Crippen LogP contribution < -0.4 is 5.32 Å². The van der Waals surface area contributed by atoms with Gasteiger partial charge in [0.2, 0.25) is 5.91 Å². The molecule has 1 atom stereocenters. The molecule has 0 saturated carbocycles. The van der Waals surface area contributed by atoms with E-state index in [1.54, 1.807) is 31.9 Å². The molecular formula is C31H46N5O8P. The van der Waals surface area contributed by atoms with Crippen LogP contribution in [0.15, 0.2) is 36.4 Å². The van der Waals surface area contributed by atoms with E-state index in [1.807, 2.05) is 37.3 Å². The number of nitrogens with zero attached hydrogens (tertiary/aromatic N) is 4. The van der Waals surface area contributed by atoms with Gasteiger partial charge in [-0.05, 0) is 39.2 Å². The number of nitrogens with one attached hydrogen (secondary N) is 1. The average molecular weight is 648 g/mol. The summed E-state index contributed by atoms with van der Waals surface area (Å²) >= 11 is 0. The molecule has 1 aliphatic rings. The van der Waals surface area contributed by atoms with Gasteiger partial charge < -0.3 is 33.6 Å². The summed E-state index contributed by atoms with van der Waals surface area (Å²) in [6, 6.07) is 9.63. The maximum atomic E-state index is 13.9. The largest absolute Gasteiger partial charge is 0.449 e. The highest BCUT2D eigenvalue weighted by atomic mass is 31.2. The van der Waals surface area contributed by atoms with Gasteiger partial charge in [0.05, 0.1) is 26.0 Å². The Bertz CT molecular complexity index is 1280. The first-order chi connectivity index (χ1) is 21.7. The fourth-order valence-electron chi connectivity index (χ4n) is 4.76. The summed E-state index contributed by atoms with van der Waals surface area (Å²) in [6.45, 7) is 7.41. The molecule has 1 saturated heterocycles. The maximum absolute atomic E-state index is 13.9. The Labute approximate surface area is 265 Å². The van der Waals surface area contributed by atoms with Crippen molar-refractivity contribution in [2.24, 2.45) is 0 Å². The Hall–Kier alpha value is -3.38. The number of rotatable bonds is 17. The smallest absolute Gasteiger partial charge is 0.409 e. The molecule has 0 bridgehead atoms. The molecule has 14 heteroatoms. The molecule has 3 amide bonds. The highest BCUT2D eigenvalue weighted by molar-refractivity contribution is 7.54. The Morgan fingerprint density at radius 3 is 2.22 bits per heavy atom. The summed E-state index contributed by atoms with van der Waals surface area (Å²) in [7, 11) is -2.13. The number of carbonyl (C=O) groups excluding carboxylic acids is 3. The van der Waals surface area contributed by atoms with E-state index in [9.17, 15) is 18.9 Å². The highest BCUT2D eigenvalue weighted by Gasteiger charge is 2.37. The number of amides is 3. The molecule has 248 valence electrons. The van der Waals surface area contributed by atoms with Gasteiger partial charge in [0.25, 0.3) is 5.91 Å². The van der Waals surface area contributed by atoms with E-state index in [0.29, 0.717) is 37.6 Å². The molecule has 1 N–H and O–H groups in total. The van der Waals surface area contributed by atoms with Crippen LogP contribution in [0.3, 0.4) is 0 Å². The third-order valence-corrected chi connectivity index (χ3v) is 9.17. The van der Waals surface area contributed by atoms with Crippen molar-refractivity contribution in [3.63, 3.8) is 0 Å². The summed E-state index contributed by atoms with van der Waals surface area (Å²) < 4.78 is 35.0. The van der Waals surface area contributed by atoms with Crippen LogP contribution in [-0.4, -0.2) is 110 Å². The van der Waals surface area contributed by atoms with Crippen molar-refractivity contribution in [3.8, 4) is 11.4 Å². The van der Waals surface area contributed by atoms with Gasteiger partial charge >= 0.3 is 13.7 Å². The summed E-state index contributed by atoms with van der Waals surface area (Å²) in [5, 5.41) is 2.76. The standard InChI is InChI=1S/C31H46N5O8P/c1-5-8-21-42-31(39)36-18-16-35(17-19-36)30(38)27(23-45(40,43-6-2)44-7-3)34-29(37)26-22-25(15-12-20-41-4)32-28(33-26)24-13-10-9-11-14-24/h9-11,13-14,22,27H,5-8,12,15-21,23H2,1-4H3,(H,34,37)/t27-/m0/s1. The summed E-state index contributed by atoms with van der Waals surface area (Å²) in [4.78, 5) is 52.3. The van der Waals surface area contributed by atoms with Crippen molar-refractivity contribution in [1.82, 2.24) is 25.1 Å². The molecule has 3 rings (SSSR count). The van der Waals surface area contributed by atoms with Gasteiger partial charge in [-0.25, -0.2) is 14.8 Å². The van der Waals surface area contributed by atoms with Gasteiger partial charge in [0, 0.05) is 51.2 Å². The molecule has 0 spiro atoms. The molecule has 1 aromatic heterocycles. The van der Waals surface area contributed by atoms with Crippen molar-refractivity contribution in [2.45, 2.75) is 52.5 Å². The first-order valence-electron chi connectivity index (χ1n) is 15.5. The molecular weight excluding hydrogens is 601 g/mol. The van der Waals surface area contributed by atoms with Crippen molar-refractivity contribution >= 4 is 25.5 Å². The van der Waals surface area contributed by atoms with Crippen LogP contribution in [0.2, 0.25) is 0 Å². The third kappa shape index (κ3) is 11.2. The Balaban J connectivity index is 1.85. The van der Waals surface area contributed by atoms with Crippen LogP contribution in [0.5, 0.6) is 0 Å². The van der Waals surface area contributed by atoms with Gasteiger partial charge in [-0.1, -0.05) is 43.7 Å². The van der Waals surface area contributed by atoms with Gasteiger partial charge in [-0.15, -0.1) is 0 Å². The van der Waals surface area contributed by atoms with E-state index in [4.69, 9.17) is 18.5 Å². The molecule has 1 aromatic carbocycles. The van der Waals surface area contributed by atoms with Gasteiger partial charge in [-0.2, -0.15) is 0 Å². The zero-order chi connectivity index (χ0) is 32.7. The molecule has 0 radical (unpaired) electrons. The first kappa shape index (κ1) is 36.1. The van der Waals surface area contributed by atoms with Gasteiger partial charge in [0.15, 0.2) is 5.82 Å². The molecule has 0 aliphatic carbocycles. The van der Waals surface area contributed by atoms with Crippen molar-refractivity contribution in [2.75, 3.05) is 65.9 Å². The second kappa shape index (κ2) is 18.6. The van der Waals surface area contributed by atoms with E-state index >= 15 is 0 Å². The number of carbonyl (C=O) groups is 3. The minimum Gasteiger partial charge on any atom is -0.449 e. The predicted octanol–water partition coefficient (Wildman–Crippen LogP) is 4.17. The molecule has 2 aromatic rings. The lowest BCUT2D eigenvalue weighted by Crippen LogP contribution is -2.57. The summed E-state index contributed by atoms with van der Waals surface area (Å²) in [5.41, 5.74) is 1.44. The second-order valence-electron chi connectivity index (χ2n) is 10.5. The SMILES string of the molecule is CCCCOC(=O)N1CCN(C(=O)[C@H](CP(=O)(OCC)OCC)NC(=O)c2cc(CCCOC)nc(-c3ccccc3)n2)CC1. The van der Waals surface area contributed by atoms with Crippen LogP contribution >= 0.6 is 7.60 Å². The van der Waals surface area contributed by atoms with Gasteiger partial charge in [-0.3, -0.25) is 14.2 Å². The lowest BCUT2D eigenvalue weighted by atomic mass is 10.1. The normalized spacial score (nSPS) is 14.2. The number of ether oxygens (including phenoxy) is 2. The van der Waals surface area contributed by atoms with Crippen molar-refractivity contribution in [3.05, 3.63) is 47.8 Å². The monoisotopic (exact) mass is 647 g/mol. The Kier molecular flexibility index (Phi) is 14.9. The zero-order valence-corrected chi connectivity index (χ0v) is 27.6. The lowest BCUT2D eigenvalue weighted by Gasteiger charge is -2.36. The molecule has 2 heterocycles. The van der Waals surface area contributed by atoms with E-state index < -0.39 is 31.5 Å². The lowest BCUT2D eigenvalue weighted by molar-refractivity contribution is -0.134. The number of hydrogen-bond donors (Lipinski definition) is 1. The van der Waals surface area contributed by atoms with E-state index in [2.05, 4.69) is 15.3 Å². The average Bonchev–Trinajstić information content (AvgIpc) is 3.05. The van der Waals surface area contributed by atoms with Crippen molar-refractivity contribution < 1.29 is 37.5 Å². The summed E-state index contributed by atoms with van der Waals surface area (Å²) in [6.07, 6.45) is 2.14. The molecule has 1 fully saturated rings. The van der Waals surface area contributed by atoms with E-state index in [0.717, 1.165) is 18.4 Å². The number of piperazine rings is 1. The van der Waals surface area contributed by atoms with E-state index in [1.165, 1.54) is 4.90 Å². The van der Waals surface area contributed by atoms with Crippen LogP contribution in [0, 0.1) is 0 Å². The maximum Gasteiger partial charge on any atom is 0.409 e. The van der Waals surface area contributed by atoms with Gasteiger partial charge in [0.1, 0.15) is 11.7 Å². The Morgan fingerprint density at radius 1 is 0.933 bits per heavy atom. The second-order valence-corrected chi connectivity index (χ2v) is 12.6. The molecule has 0 unspecified atom stereocenters. The minimum atomic E-state index is -3.75. The number of unbranched alkanes of at least 4 members (excludes halogenated alkanes) is 1. The number of benzene rings is 1. The fourth-order valence-corrected chi connectivity index (χ4v) is 6.52. The molecule has 13 nitrogen and oxygen atoms in total. The van der Waals surface area contributed by atoms with Crippen LogP contribution in [-0.2, 0) is 34.3 Å². The number of aromatic nitrogens is 2. The predicted molar refractivity (Wildman–Crippen MR) is 169 cm³/mol. The summed E-state index contributed by atoms with van der Waals surface area (Å²) in [5.74, 6) is -0.715. The minimum absolute atomic E-state index is 0.0661. The number of methoxy groups -OCH3 is 1. The number of hydrogen-bond acceptors (Lipinski definition) is 10. The zero-order valence-electron chi connectivity index (χ0n) is 26.7. The third-order valence-electron chi connectivity index (χ3n) is 7.06. The number of aryl methyl sites for hydroxylation is 1. The van der Waals surface area contributed by atoms with Crippen LogP contribution in [0.1, 0.15) is 56.2 Å². The quantitative estimate of drug-likeness (QED) is 0.196. The van der Waals surface area contributed by atoms with Crippen molar-refractivity contribution in [1.29, 1.82) is 0 Å². The molecule has 1 aliphatic heterocycles. The Morgan fingerprint density at radius 2 is 1.60 bits per heavy atom. The fraction of sp³-hybridized carbons (Fsp3) is 0.581. The molecule has 45 heavy (non-hydrogen) atoms. The van der Waals surface area contributed by atoms with E-state index in [-0.39, 0.29) is 51.2 Å². The topological polar surface area (TPSA) is 149 Å². The van der Waals surface area contributed by atoms with Crippen LogP contribution in [0.25, 0.3) is 11.4 Å². The first-order valence-corrected chi connectivity index (χ1v) is 17.3. The highest BCUT2D eigenvalue weighted by Crippen LogP contribution is 2.48.